The van der Waals surface area contributed by atoms with E-state index in [0.29, 0.717) is 17.2 Å². The molecule has 1 aliphatic rings. The molecule has 0 saturated heterocycles. The second-order valence-electron chi connectivity index (χ2n) is 7.71. The number of amides is 1. The Kier molecular flexibility index (Phi) is 5.01. The van der Waals surface area contributed by atoms with Crippen LogP contribution in [0.3, 0.4) is 0 Å². The molecule has 146 valence electrons. The third-order valence-electron chi connectivity index (χ3n) is 4.76. The third-order valence-corrected chi connectivity index (χ3v) is 7.83. The number of fused-ring (bicyclic) bond motifs is 2. The second kappa shape index (κ2) is 7.20. The number of aromatic nitrogens is 3. The lowest BCUT2D eigenvalue weighted by Crippen LogP contribution is -2.26. The molecule has 0 spiro atoms. The summed E-state index contributed by atoms with van der Waals surface area (Å²) in [7, 11) is 0. The first-order valence-electron chi connectivity index (χ1n) is 8.90. The van der Waals surface area contributed by atoms with E-state index in [9.17, 15) is 9.59 Å². The Hall–Kier alpha value is -1.84. The normalized spacial score (nSPS) is 15.6. The van der Waals surface area contributed by atoms with Gasteiger partial charge in [-0.05, 0) is 31.2 Å². The van der Waals surface area contributed by atoms with E-state index in [1.54, 1.807) is 17.7 Å². The molecule has 0 atom stereocenters. The maximum atomic E-state index is 12.4. The Morgan fingerprint density at radius 1 is 1.25 bits per heavy atom. The highest BCUT2D eigenvalue weighted by atomic mass is 32.2. The van der Waals surface area contributed by atoms with Crippen molar-refractivity contribution < 1.29 is 9.59 Å². The van der Waals surface area contributed by atoms with Gasteiger partial charge in [0, 0.05) is 21.6 Å². The van der Waals surface area contributed by atoms with E-state index in [-0.39, 0.29) is 22.9 Å². The molecular formula is C19H20N4O2S3. The van der Waals surface area contributed by atoms with Gasteiger partial charge in [0.2, 0.25) is 5.91 Å². The van der Waals surface area contributed by atoms with Crippen molar-refractivity contribution in [3.05, 3.63) is 27.3 Å². The molecule has 0 radical (unpaired) electrons. The van der Waals surface area contributed by atoms with Crippen LogP contribution in [0.5, 0.6) is 0 Å². The summed E-state index contributed by atoms with van der Waals surface area (Å²) in [6.45, 7) is 8.29. The Labute approximate surface area is 175 Å². The maximum absolute atomic E-state index is 12.4. The van der Waals surface area contributed by atoms with Gasteiger partial charge in [0.25, 0.3) is 0 Å². The molecule has 9 heteroatoms. The highest BCUT2D eigenvalue weighted by Gasteiger charge is 2.34. The number of Topliss-reactive ketones (excluding diaryl/α,β-unsaturated/α-hetero) is 1. The lowest BCUT2D eigenvalue weighted by Gasteiger charge is -2.26. The minimum atomic E-state index is -0.154. The first kappa shape index (κ1) is 19.5. The molecule has 0 bridgehead atoms. The summed E-state index contributed by atoms with van der Waals surface area (Å²) in [5.74, 6) is 0.132. The van der Waals surface area contributed by atoms with E-state index >= 15 is 0 Å². The number of nitrogens with zero attached hydrogens (tertiary/aromatic N) is 3. The van der Waals surface area contributed by atoms with Gasteiger partial charge in [0.1, 0.15) is 21.9 Å². The monoisotopic (exact) mass is 432 g/mol. The van der Waals surface area contributed by atoms with Crippen molar-refractivity contribution in [3.8, 4) is 0 Å². The second-order valence-corrected chi connectivity index (χ2v) is 11.0. The minimum Gasteiger partial charge on any atom is -0.301 e. The van der Waals surface area contributed by atoms with E-state index in [2.05, 4.69) is 48.0 Å². The zero-order valence-electron chi connectivity index (χ0n) is 16.1. The zero-order chi connectivity index (χ0) is 20.1. The summed E-state index contributed by atoms with van der Waals surface area (Å²) in [5.41, 5.74) is 1.63. The average Bonchev–Trinajstić information content (AvgIpc) is 3.13. The highest BCUT2D eigenvalue weighted by molar-refractivity contribution is 8.00. The van der Waals surface area contributed by atoms with Crippen LogP contribution < -0.4 is 5.32 Å². The quantitative estimate of drug-likeness (QED) is 0.477. The fourth-order valence-electron chi connectivity index (χ4n) is 3.31. The van der Waals surface area contributed by atoms with E-state index in [1.807, 2.05) is 0 Å². The van der Waals surface area contributed by atoms with Gasteiger partial charge in [-0.25, -0.2) is 15.0 Å². The molecular weight excluding hydrogens is 412 g/mol. The number of carbonyl (C=O) groups is 2. The van der Waals surface area contributed by atoms with Gasteiger partial charge in [0.15, 0.2) is 10.9 Å². The van der Waals surface area contributed by atoms with Crippen molar-refractivity contribution in [3.63, 3.8) is 0 Å². The van der Waals surface area contributed by atoms with Crippen LogP contribution in [0.4, 0.5) is 5.13 Å². The van der Waals surface area contributed by atoms with Gasteiger partial charge in [0.05, 0.1) is 5.75 Å². The number of thioether (sulfide) groups is 1. The smallest absolute Gasteiger partial charge is 0.236 e. The van der Waals surface area contributed by atoms with Crippen LogP contribution in [0.25, 0.3) is 10.2 Å². The summed E-state index contributed by atoms with van der Waals surface area (Å²) in [4.78, 5) is 40.9. The van der Waals surface area contributed by atoms with E-state index < -0.39 is 0 Å². The van der Waals surface area contributed by atoms with Crippen molar-refractivity contribution in [2.75, 3.05) is 11.1 Å². The topological polar surface area (TPSA) is 84.8 Å². The number of hydrogen-bond acceptors (Lipinski definition) is 8. The van der Waals surface area contributed by atoms with Crippen LogP contribution in [0.2, 0.25) is 0 Å². The van der Waals surface area contributed by atoms with Gasteiger partial charge in [-0.1, -0.05) is 25.6 Å². The first-order chi connectivity index (χ1) is 13.2. The van der Waals surface area contributed by atoms with Crippen molar-refractivity contribution in [2.45, 2.75) is 45.6 Å². The van der Waals surface area contributed by atoms with Gasteiger partial charge in [-0.2, -0.15) is 0 Å². The average molecular weight is 433 g/mol. The van der Waals surface area contributed by atoms with Gasteiger partial charge in [-0.15, -0.1) is 22.7 Å². The SMILES string of the molecule is Cc1sc2ncnc(SCC(=O)Nc3nc4c(s3)CC(C)(C)CC4=O)c2c1C. The van der Waals surface area contributed by atoms with Crippen LogP contribution in [0.1, 0.15) is 46.1 Å². The van der Waals surface area contributed by atoms with Crippen molar-refractivity contribution >= 4 is 61.5 Å². The summed E-state index contributed by atoms with van der Waals surface area (Å²) < 4.78 is 0. The number of nitrogens with one attached hydrogen (secondary N) is 1. The van der Waals surface area contributed by atoms with E-state index in [1.165, 1.54) is 28.0 Å². The van der Waals surface area contributed by atoms with Gasteiger partial charge < -0.3 is 5.32 Å². The molecule has 0 unspecified atom stereocenters. The van der Waals surface area contributed by atoms with Gasteiger partial charge >= 0.3 is 0 Å². The van der Waals surface area contributed by atoms with Gasteiger partial charge in [-0.3, -0.25) is 9.59 Å². The number of hydrogen-bond donors (Lipinski definition) is 1. The summed E-state index contributed by atoms with van der Waals surface area (Å²) >= 11 is 4.44. The predicted octanol–water partition coefficient (Wildman–Crippen LogP) is 4.65. The third kappa shape index (κ3) is 3.70. The Bertz CT molecular complexity index is 1100. The van der Waals surface area contributed by atoms with E-state index in [0.717, 1.165) is 32.1 Å². The molecule has 3 heterocycles. The lowest BCUT2D eigenvalue weighted by molar-refractivity contribution is -0.113. The summed E-state index contributed by atoms with van der Waals surface area (Å²) in [6, 6.07) is 0. The molecule has 1 aliphatic carbocycles. The first-order valence-corrected chi connectivity index (χ1v) is 11.5. The van der Waals surface area contributed by atoms with E-state index in [4.69, 9.17) is 0 Å². The molecule has 0 saturated carbocycles. The molecule has 3 aromatic heterocycles. The zero-order valence-corrected chi connectivity index (χ0v) is 18.5. The summed E-state index contributed by atoms with van der Waals surface area (Å²) in [5, 5.41) is 5.18. The fourth-order valence-corrected chi connectivity index (χ4v) is 6.48. The van der Waals surface area contributed by atoms with Crippen LogP contribution in [-0.4, -0.2) is 32.4 Å². The number of ketones is 1. The number of carbonyl (C=O) groups excluding carboxylic acids is 2. The Balaban J connectivity index is 1.46. The molecule has 1 amide bonds. The molecule has 3 aromatic rings. The number of thiazole rings is 1. The molecule has 0 aromatic carbocycles. The molecule has 28 heavy (non-hydrogen) atoms. The van der Waals surface area contributed by atoms with Crippen molar-refractivity contribution in [1.82, 2.24) is 15.0 Å². The number of thiophene rings is 1. The Morgan fingerprint density at radius 2 is 2.04 bits per heavy atom. The number of rotatable bonds is 4. The minimum absolute atomic E-state index is 0.0529. The van der Waals surface area contributed by atoms with Crippen molar-refractivity contribution in [1.29, 1.82) is 0 Å². The van der Waals surface area contributed by atoms with Crippen LogP contribution in [0.15, 0.2) is 11.4 Å². The van der Waals surface area contributed by atoms with Crippen molar-refractivity contribution in [2.24, 2.45) is 5.41 Å². The standard InChI is InChI=1S/C19H20N4O2S3/c1-9-10(2)27-17-14(9)16(20-8-21-17)26-7-13(25)22-18-23-15-11(24)5-19(3,4)6-12(15)28-18/h8H,5-7H2,1-4H3,(H,22,23,25). The van der Waals surface area contributed by atoms with Crippen LogP contribution in [-0.2, 0) is 11.2 Å². The largest absolute Gasteiger partial charge is 0.301 e. The molecule has 1 N–H and O–H groups in total. The fraction of sp³-hybridized carbons (Fsp3) is 0.421. The number of aryl methyl sites for hydroxylation is 2. The molecule has 6 nitrogen and oxygen atoms in total. The Morgan fingerprint density at radius 3 is 2.82 bits per heavy atom. The van der Waals surface area contributed by atoms with Crippen LogP contribution >= 0.6 is 34.4 Å². The molecule has 4 rings (SSSR count). The molecule has 0 aliphatic heterocycles. The maximum Gasteiger partial charge on any atom is 0.236 e. The van der Waals surface area contributed by atoms with Crippen LogP contribution in [0, 0.1) is 19.3 Å². The summed E-state index contributed by atoms with van der Waals surface area (Å²) in [6.07, 6.45) is 2.85. The predicted molar refractivity (Wildman–Crippen MR) is 115 cm³/mol. The number of anilines is 1. The lowest BCUT2D eigenvalue weighted by atomic mass is 9.78. The molecule has 0 fully saturated rings. The highest BCUT2D eigenvalue weighted by Crippen LogP contribution is 2.39.